The SMILES string of the molecule is Cn1cc(S(=O)(=O)NC[C@H](c2ccc(Cl)cc2)N2CCOCC2)cn1. The number of hydrogen-bond acceptors (Lipinski definition) is 5. The molecule has 3 rings (SSSR count). The number of rotatable bonds is 6. The molecule has 0 unspecified atom stereocenters. The number of aromatic nitrogens is 2. The quantitative estimate of drug-likeness (QED) is 0.815. The van der Waals surface area contributed by atoms with Gasteiger partial charge in [-0.15, -0.1) is 0 Å². The summed E-state index contributed by atoms with van der Waals surface area (Å²) in [6.07, 6.45) is 2.82. The van der Waals surface area contributed by atoms with Crippen molar-refractivity contribution >= 4 is 21.6 Å². The van der Waals surface area contributed by atoms with Gasteiger partial charge in [-0.3, -0.25) is 9.58 Å². The van der Waals surface area contributed by atoms with Crippen LogP contribution in [0.5, 0.6) is 0 Å². The molecular weight excluding hydrogens is 364 g/mol. The maximum absolute atomic E-state index is 12.5. The Morgan fingerprint density at radius 3 is 2.56 bits per heavy atom. The van der Waals surface area contributed by atoms with Crippen LogP contribution in [0, 0.1) is 0 Å². The summed E-state index contributed by atoms with van der Waals surface area (Å²) in [6, 6.07) is 7.41. The third-order valence-electron chi connectivity index (χ3n) is 4.20. The molecule has 25 heavy (non-hydrogen) atoms. The highest BCUT2D eigenvalue weighted by Gasteiger charge is 2.25. The second kappa shape index (κ2) is 7.84. The molecule has 0 aliphatic carbocycles. The first kappa shape index (κ1) is 18.3. The summed E-state index contributed by atoms with van der Waals surface area (Å²) in [5.74, 6) is 0. The lowest BCUT2D eigenvalue weighted by Crippen LogP contribution is -2.43. The molecule has 1 atom stereocenters. The molecule has 0 amide bonds. The third-order valence-corrected chi connectivity index (χ3v) is 5.83. The molecule has 0 spiro atoms. The van der Waals surface area contributed by atoms with Gasteiger partial charge in [-0.2, -0.15) is 5.10 Å². The fourth-order valence-corrected chi connectivity index (χ4v) is 3.99. The third kappa shape index (κ3) is 4.59. The summed E-state index contributed by atoms with van der Waals surface area (Å²) < 4.78 is 34.6. The number of nitrogens with zero attached hydrogens (tertiary/aromatic N) is 3. The van der Waals surface area contributed by atoms with Gasteiger partial charge in [0.25, 0.3) is 0 Å². The highest BCUT2D eigenvalue weighted by molar-refractivity contribution is 7.89. The van der Waals surface area contributed by atoms with Crippen LogP contribution in [0.2, 0.25) is 5.02 Å². The second-order valence-corrected chi connectivity index (χ2v) is 8.12. The average Bonchev–Trinajstić information content (AvgIpc) is 3.05. The molecule has 9 heteroatoms. The maximum atomic E-state index is 12.5. The summed E-state index contributed by atoms with van der Waals surface area (Å²) in [5, 5.41) is 4.58. The predicted molar refractivity (Wildman–Crippen MR) is 95.0 cm³/mol. The van der Waals surface area contributed by atoms with E-state index < -0.39 is 10.0 Å². The van der Waals surface area contributed by atoms with Gasteiger partial charge in [0.2, 0.25) is 10.0 Å². The van der Waals surface area contributed by atoms with Crippen LogP contribution in [0.25, 0.3) is 0 Å². The standard InChI is InChI=1S/C16H21ClN4O3S/c1-20-12-15(10-18-20)25(22,23)19-11-16(21-6-8-24-9-7-21)13-2-4-14(17)5-3-13/h2-5,10,12,16,19H,6-9,11H2,1H3/t16-/m1/s1. The molecule has 2 aromatic rings. The predicted octanol–water partition coefficient (Wildman–Crippen LogP) is 1.43. The molecule has 136 valence electrons. The summed E-state index contributed by atoms with van der Waals surface area (Å²) in [7, 11) is -1.92. The number of hydrogen-bond donors (Lipinski definition) is 1. The van der Waals surface area contributed by atoms with Crippen molar-refractivity contribution < 1.29 is 13.2 Å². The van der Waals surface area contributed by atoms with Crippen LogP contribution in [0.4, 0.5) is 0 Å². The van der Waals surface area contributed by atoms with Crippen molar-refractivity contribution in [1.82, 2.24) is 19.4 Å². The molecule has 1 aromatic carbocycles. The zero-order chi connectivity index (χ0) is 17.9. The number of aryl methyl sites for hydroxylation is 1. The zero-order valence-electron chi connectivity index (χ0n) is 13.9. The topological polar surface area (TPSA) is 76.5 Å². The van der Waals surface area contributed by atoms with Crippen LogP contribution >= 0.6 is 11.6 Å². The van der Waals surface area contributed by atoms with Crippen molar-refractivity contribution in [2.24, 2.45) is 7.05 Å². The minimum atomic E-state index is -3.61. The highest BCUT2D eigenvalue weighted by atomic mass is 35.5. The first-order chi connectivity index (χ1) is 12.0. The number of morpholine rings is 1. The van der Waals surface area contributed by atoms with E-state index in [2.05, 4.69) is 14.7 Å². The van der Waals surface area contributed by atoms with Crippen molar-refractivity contribution in [2.75, 3.05) is 32.8 Å². The van der Waals surface area contributed by atoms with E-state index in [4.69, 9.17) is 16.3 Å². The van der Waals surface area contributed by atoms with E-state index in [1.54, 1.807) is 7.05 Å². The van der Waals surface area contributed by atoms with E-state index >= 15 is 0 Å². The highest BCUT2D eigenvalue weighted by Crippen LogP contribution is 2.23. The van der Waals surface area contributed by atoms with Crippen LogP contribution in [0.1, 0.15) is 11.6 Å². The molecular formula is C16H21ClN4O3S. The zero-order valence-corrected chi connectivity index (χ0v) is 15.5. The Balaban J connectivity index is 1.78. The Morgan fingerprint density at radius 2 is 1.96 bits per heavy atom. The van der Waals surface area contributed by atoms with E-state index in [9.17, 15) is 8.42 Å². The number of ether oxygens (including phenoxy) is 1. The van der Waals surface area contributed by atoms with Crippen LogP contribution in [0.15, 0.2) is 41.6 Å². The number of sulfonamides is 1. The lowest BCUT2D eigenvalue weighted by Gasteiger charge is -2.34. The number of halogens is 1. The Morgan fingerprint density at radius 1 is 1.28 bits per heavy atom. The minimum absolute atomic E-state index is 0.0902. The summed E-state index contributed by atoms with van der Waals surface area (Å²) >= 11 is 5.98. The number of nitrogens with one attached hydrogen (secondary N) is 1. The lowest BCUT2D eigenvalue weighted by atomic mass is 10.1. The van der Waals surface area contributed by atoms with Crippen molar-refractivity contribution in [2.45, 2.75) is 10.9 Å². The molecule has 1 saturated heterocycles. The monoisotopic (exact) mass is 384 g/mol. The Bertz CT molecular complexity index is 801. The van der Waals surface area contributed by atoms with E-state index in [0.717, 1.165) is 18.7 Å². The van der Waals surface area contributed by atoms with Crippen LogP contribution < -0.4 is 4.72 Å². The molecule has 7 nitrogen and oxygen atoms in total. The fourth-order valence-electron chi connectivity index (χ4n) is 2.84. The van der Waals surface area contributed by atoms with Gasteiger partial charge in [-0.25, -0.2) is 13.1 Å². The van der Waals surface area contributed by atoms with Gasteiger partial charge in [0.05, 0.1) is 19.4 Å². The summed E-state index contributed by atoms with van der Waals surface area (Å²) in [6.45, 7) is 3.04. The van der Waals surface area contributed by atoms with E-state index in [1.165, 1.54) is 17.1 Å². The molecule has 1 fully saturated rings. The minimum Gasteiger partial charge on any atom is -0.379 e. The van der Waals surface area contributed by atoms with Gasteiger partial charge in [-0.1, -0.05) is 23.7 Å². The van der Waals surface area contributed by atoms with Crippen molar-refractivity contribution in [1.29, 1.82) is 0 Å². The Hall–Kier alpha value is -1.45. The van der Waals surface area contributed by atoms with Crippen LogP contribution in [0.3, 0.4) is 0 Å². The van der Waals surface area contributed by atoms with Gasteiger partial charge >= 0.3 is 0 Å². The van der Waals surface area contributed by atoms with E-state index in [0.29, 0.717) is 18.2 Å². The molecule has 1 aromatic heterocycles. The normalized spacial score (nSPS) is 17.5. The molecule has 0 bridgehead atoms. The van der Waals surface area contributed by atoms with Gasteiger partial charge in [0.15, 0.2) is 0 Å². The molecule has 1 aliphatic heterocycles. The molecule has 0 radical (unpaired) electrons. The van der Waals surface area contributed by atoms with Gasteiger partial charge < -0.3 is 4.74 Å². The van der Waals surface area contributed by atoms with E-state index in [-0.39, 0.29) is 17.5 Å². The van der Waals surface area contributed by atoms with E-state index in [1.807, 2.05) is 24.3 Å². The lowest BCUT2D eigenvalue weighted by molar-refractivity contribution is 0.0172. The van der Waals surface area contributed by atoms with Crippen LogP contribution in [-0.4, -0.2) is 55.9 Å². The van der Waals surface area contributed by atoms with Crippen molar-refractivity contribution in [3.05, 3.63) is 47.2 Å². The first-order valence-electron chi connectivity index (χ1n) is 8.01. The van der Waals surface area contributed by atoms with Crippen molar-refractivity contribution in [3.8, 4) is 0 Å². The summed E-state index contributed by atoms with van der Waals surface area (Å²) in [4.78, 5) is 2.38. The average molecular weight is 385 g/mol. The van der Waals surface area contributed by atoms with Gasteiger partial charge in [-0.05, 0) is 17.7 Å². The Labute approximate surface area is 152 Å². The van der Waals surface area contributed by atoms with Crippen LogP contribution in [-0.2, 0) is 21.8 Å². The number of benzene rings is 1. The second-order valence-electron chi connectivity index (χ2n) is 5.92. The van der Waals surface area contributed by atoms with Gasteiger partial charge in [0.1, 0.15) is 4.90 Å². The Kier molecular flexibility index (Phi) is 5.75. The smallest absolute Gasteiger partial charge is 0.243 e. The molecule has 1 N–H and O–H groups in total. The maximum Gasteiger partial charge on any atom is 0.243 e. The van der Waals surface area contributed by atoms with Crippen molar-refractivity contribution in [3.63, 3.8) is 0 Å². The molecule has 0 saturated carbocycles. The summed E-state index contributed by atoms with van der Waals surface area (Å²) in [5.41, 5.74) is 1.01. The fraction of sp³-hybridized carbons (Fsp3) is 0.438. The van der Waals surface area contributed by atoms with Gasteiger partial charge in [0, 0.05) is 43.9 Å². The largest absolute Gasteiger partial charge is 0.379 e. The molecule has 2 heterocycles. The molecule has 1 aliphatic rings. The first-order valence-corrected chi connectivity index (χ1v) is 9.87.